The Hall–Kier alpha value is -2.89. The summed E-state index contributed by atoms with van der Waals surface area (Å²) in [6, 6.07) is 8.13. The molecule has 1 heterocycles. The quantitative estimate of drug-likeness (QED) is 0.194. The third-order valence-electron chi connectivity index (χ3n) is 5.76. The number of carbonyl (C=O) groups is 1. The van der Waals surface area contributed by atoms with Crippen LogP contribution < -0.4 is 4.74 Å². The summed E-state index contributed by atoms with van der Waals surface area (Å²) in [5.74, 6) is -2.66. The molecule has 0 saturated carbocycles. The first-order valence-electron chi connectivity index (χ1n) is 11.6. The number of fused-ring (bicyclic) bond motifs is 1. The average Bonchev–Trinajstić information content (AvgIpc) is 3.18. The van der Waals surface area contributed by atoms with Crippen LogP contribution in [0.3, 0.4) is 0 Å². The molecule has 0 atom stereocenters. The number of esters is 1. The topological polar surface area (TPSA) is 40.5 Å². The van der Waals surface area contributed by atoms with Crippen LogP contribution in [0.5, 0.6) is 5.75 Å². The number of carbonyl (C=O) groups excluding carboxylic acids is 1. The molecule has 1 aliphatic carbocycles. The summed E-state index contributed by atoms with van der Waals surface area (Å²) in [5.41, 5.74) is 3.91. The van der Waals surface area contributed by atoms with Crippen molar-refractivity contribution < 1.29 is 23.0 Å². The van der Waals surface area contributed by atoms with Crippen LogP contribution in [0.2, 0.25) is 0 Å². The first-order chi connectivity index (χ1) is 15.8. The zero-order valence-electron chi connectivity index (χ0n) is 19.5. The molecule has 0 aliphatic heterocycles. The third-order valence-corrected chi connectivity index (χ3v) is 5.76. The van der Waals surface area contributed by atoms with E-state index in [0.29, 0.717) is 5.75 Å². The van der Waals surface area contributed by atoms with Gasteiger partial charge in [0.15, 0.2) is 0 Å². The lowest BCUT2D eigenvalue weighted by molar-refractivity contribution is -0.139. The number of halogens is 2. The lowest BCUT2D eigenvalue weighted by Gasteiger charge is -2.16. The predicted octanol–water partition coefficient (Wildman–Crippen LogP) is 7.09. The fraction of sp³-hybridized carbons (Fsp3) is 0.444. The number of allylic oxidation sites excluding steroid dienone is 4. The fourth-order valence-electron chi connectivity index (χ4n) is 4.01. The van der Waals surface area contributed by atoms with Crippen molar-refractivity contribution in [3.05, 3.63) is 60.3 Å². The van der Waals surface area contributed by atoms with Gasteiger partial charge in [-0.3, -0.25) is 0 Å². The zero-order chi connectivity index (χ0) is 23.8. The van der Waals surface area contributed by atoms with Crippen LogP contribution >= 0.6 is 0 Å². The number of hydrogen-bond acceptors (Lipinski definition) is 3. The zero-order valence-corrected chi connectivity index (χ0v) is 19.5. The lowest BCUT2D eigenvalue weighted by atomic mass is 10.0. The van der Waals surface area contributed by atoms with E-state index in [0.717, 1.165) is 30.3 Å². The van der Waals surface area contributed by atoms with E-state index in [4.69, 9.17) is 9.47 Å². The Morgan fingerprint density at radius 3 is 2.61 bits per heavy atom. The number of aromatic nitrogens is 1. The molecule has 1 aromatic heterocycles. The molecule has 3 rings (SSSR count). The number of alkyl halides is 2. The van der Waals surface area contributed by atoms with E-state index in [1.807, 2.05) is 18.2 Å². The Balaban J connectivity index is 1.51. The molecule has 0 radical (unpaired) electrons. The number of nitrogens with zero attached hydrogens (tertiary/aromatic N) is 1. The number of benzene rings is 1. The van der Waals surface area contributed by atoms with E-state index in [9.17, 15) is 13.6 Å². The van der Waals surface area contributed by atoms with Gasteiger partial charge in [-0.1, -0.05) is 24.8 Å². The molecule has 4 nitrogen and oxygen atoms in total. The highest BCUT2D eigenvalue weighted by Gasteiger charge is 2.27. The number of aryl methyl sites for hydroxylation is 1. The third kappa shape index (κ3) is 6.80. The van der Waals surface area contributed by atoms with Gasteiger partial charge in [-0.25, -0.2) is 13.6 Å². The second-order valence-corrected chi connectivity index (χ2v) is 8.48. The summed E-state index contributed by atoms with van der Waals surface area (Å²) in [5, 5.41) is 1.15. The van der Waals surface area contributed by atoms with Crippen LogP contribution in [0, 0.1) is 0 Å². The van der Waals surface area contributed by atoms with Gasteiger partial charge >= 0.3 is 5.97 Å². The van der Waals surface area contributed by atoms with Crippen LogP contribution in [0.4, 0.5) is 8.78 Å². The van der Waals surface area contributed by atoms with Crippen LogP contribution in [0.1, 0.15) is 58.1 Å². The molecule has 6 heteroatoms. The van der Waals surface area contributed by atoms with Gasteiger partial charge in [-0.15, -0.1) is 0 Å². The van der Waals surface area contributed by atoms with E-state index in [1.54, 1.807) is 0 Å². The van der Waals surface area contributed by atoms with Crippen LogP contribution in [0.15, 0.2) is 54.6 Å². The van der Waals surface area contributed by atoms with Gasteiger partial charge < -0.3 is 14.0 Å². The average molecular weight is 458 g/mol. The molecule has 0 bridgehead atoms. The standard InChI is InChI=1S/C27H33F2NO3/c1-4-30-24(21-10-6-5-7-11-21)18-22-12-13-23(19-25(22)30)32-16-8-14-27(28,29)15-9-17-33-26(31)20(2)3/h5-6,10,12-13,18-19H,2,4,7-9,11,14-17H2,1,3H3. The van der Waals surface area contributed by atoms with E-state index in [-0.39, 0.29) is 44.5 Å². The van der Waals surface area contributed by atoms with Crippen molar-refractivity contribution in [2.75, 3.05) is 13.2 Å². The first kappa shape index (κ1) is 24.7. The van der Waals surface area contributed by atoms with Crippen molar-refractivity contribution in [3.8, 4) is 5.75 Å². The Morgan fingerprint density at radius 2 is 1.94 bits per heavy atom. The monoisotopic (exact) mass is 457 g/mol. The van der Waals surface area contributed by atoms with Gasteiger partial charge in [0.25, 0.3) is 0 Å². The van der Waals surface area contributed by atoms with Crippen LogP contribution in [-0.2, 0) is 16.1 Å². The predicted molar refractivity (Wildman–Crippen MR) is 129 cm³/mol. The highest BCUT2D eigenvalue weighted by Crippen LogP contribution is 2.32. The normalized spacial score (nSPS) is 13.8. The molecule has 0 spiro atoms. The van der Waals surface area contributed by atoms with Gasteiger partial charge in [0.05, 0.1) is 18.7 Å². The van der Waals surface area contributed by atoms with Crippen molar-refractivity contribution in [1.29, 1.82) is 0 Å². The lowest BCUT2D eigenvalue weighted by Crippen LogP contribution is -2.18. The molecule has 1 aliphatic rings. The molecule has 2 aromatic rings. The molecular weight excluding hydrogens is 424 g/mol. The maximum atomic E-state index is 14.1. The van der Waals surface area contributed by atoms with E-state index >= 15 is 0 Å². The maximum absolute atomic E-state index is 14.1. The molecule has 1 aromatic carbocycles. The van der Waals surface area contributed by atoms with Crippen molar-refractivity contribution in [3.63, 3.8) is 0 Å². The highest BCUT2D eigenvalue weighted by atomic mass is 19.3. The van der Waals surface area contributed by atoms with E-state index in [1.165, 1.54) is 18.2 Å². The molecule has 0 fully saturated rings. The van der Waals surface area contributed by atoms with Gasteiger partial charge in [-0.05, 0) is 63.3 Å². The highest BCUT2D eigenvalue weighted by molar-refractivity contribution is 5.87. The van der Waals surface area contributed by atoms with E-state index in [2.05, 4.69) is 42.4 Å². The van der Waals surface area contributed by atoms with E-state index < -0.39 is 11.9 Å². The Bertz CT molecular complexity index is 1050. The summed E-state index contributed by atoms with van der Waals surface area (Å²) in [4.78, 5) is 11.3. The SMILES string of the molecule is C=C(C)C(=O)OCCCC(F)(F)CCCOc1ccc2cc(C3=CC=CCC3)n(CC)c2c1. The van der Waals surface area contributed by atoms with Crippen molar-refractivity contribution in [1.82, 2.24) is 4.57 Å². The van der Waals surface area contributed by atoms with Gasteiger partial charge in [0, 0.05) is 42.1 Å². The van der Waals surface area contributed by atoms with Crippen molar-refractivity contribution in [2.24, 2.45) is 0 Å². The molecule has 178 valence electrons. The summed E-state index contributed by atoms with van der Waals surface area (Å²) in [6.45, 7) is 8.16. The minimum Gasteiger partial charge on any atom is -0.494 e. The summed E-state index contributed by atoms with van der Waals surface area (Å²) in [7, 11) is 0. The largest absolute Gasteiger partial charge is 0.494 e. The molecule has 0 amide bonds. The van der Waals surface area contributed by atoms with Crippen molar-refractivity contribution in [2.45, 2.75) is 64.8 Å². The molecule has 0 unspecified atom stereocenters. The van der Waals surface area contributed by atoms with Gasteiger partial charge in [0.2, 0.25) is 5.92 Å². The minimum absolute atomic E-state index is 0.0238. The summed E-state index contributed by atoms with van der Waals surface area (Å²) < 4.78 is 41.1. The number of hydrogen-bond donors (Lipinski definition) is 0. The maximum Gasteiger partial charge on any atom is 0.333 e. The second-order valence-electron chi connectivity index (χ2n) is 8.48. The summed E-state index contributed by atoms with van der Waals surface area (Å²) in [6.07, 6.45) is 8.32. The second kappa shape index (κ2) is 11.3. The number of rotatable bonds is 12. The van der Waals surface area contributed by atoms with Gasteiger partial charge in [-0.2, -0.15) is 0 Å². The Kier molecular flexibility index (Phi) is 8.48. The molecular formula is C27H33F2NO3. The molecule has 0 saturated heterocycles. The Morgan fingerprint density at radius 1 is 1.18 bits per heavy atom. The van der Waals surface area contributed by atoms with Crippen LogP contribution in [-0.4, -0.2) is 29.7 Å². The minimum atomic E-state index is -2.81. The first-order valence-corrected chi connectivity index (χ1v) is 11.6. The van der Waals surface area contributed by atoms with Gasteiger partial charge in [0.1, 0.15) is 5.75 Å². The van der Waals surface area contributed by atoms with Crippen LogP contribution in [0.25, 0.3) is 16.5 Å². The molecule has 33 heavy (non-hydrogen) atoms. The molecule has 0 N–H and O–H groups in total. The fourth-order valence-corrected chi connectivity index (χ4v) is 4.01. The Labute approximate surface area is 194 Å². The van der Waals surface area contributed by atoms with Crippen molar-refractivity contribution >= 4 is 22.4 Å². The smallest absolute Gasteiger partial charge is 0.333 e. The number of ether oxygens (including phenoxy) is 2. The summed E-state index contributed by atoms with van der Waals surface area (Å²) >= 11 is 0.